The van der Waals surface area contributed by atoms with Gasteiger partial charge in [0, 0.05) is 0 Å². The number of hydrogen-bond donors (Lipinski definition) is 0. The zero-order valence-electron chi connectivity index (χ0n) is 10.4. The van der Waals surface area contributed by atoms with Crippen molar-refractivity contribution in [3.63, 3.8) is 0 Å². The number of rotatable bonds is 5. The fourth-order valence-corrected chi connectivity index (χ4v) is 1.82. The Labute approximate surface area is 111 Å². The van der Waals surface area contributed by atoms with Gasteiger partial charge in [0.25, 0.3) is 0 Å². The molecule has 3 heteroatoms. The smallest absolute Gasteiger partial charge is 0.123 e. The van der Waals surface area contributed by atoms with Crippen LogP contribution in [0.2, 0.25) is 0 Å². The number of ether oxygens (including phenoxy) is 1. The lowest BCUT2D eigenvalue weighted by atomic mass is 10.0. The van der Waals surface area contributed by atoms with Crippen molar-refractivity contribution >= 4 is 0 Å². The molecule has 1 nitrogen and oxygen atoms in total. The number of hydrogen-bond acceptors (Lipinski definition) is 1. The molecule has 0 aliphatic rings. The van der Waals surface area contributed by atoms with Gasteiger partial charge in [-0.1, -0.05) is 30.3 Å². The van der Waals surface area contributed by atoms with Crippen LogP contribution in [0.3, 0.4) is 0 Å². The molecule has 2 aromatic carbocycles. The lowest BCUT2D eigenvalue weighted by Gasteiger charge is -2.18. The van der Waals surface area contributed by atoms with Crippen LogP contribution < -0.4 is 0 Å². The Bertz CT molecular complexity index is 486. The maximum atomic E-state index is 13.0. The quantitative estimate of drug-likeness (QED) is 0.730. The van der Waals surface area contributed by atoms with Crippen molar-refractivity contribution in [2.24, 2.45) is 0 Å². The van der Waals surface area contributed by atoms with E-state index in [0.29, 0.717) is 6.61 Å². The molecule has 2 aromatic rings. The minimum atomic E-state index is -0.362. The van der Waals surface area contributed by atoms with E-state index in [1.165, 1.54) is 24.3 Å². The van der Waals surface area contributed by atoms with Crippen LogP contribution in [0.1, 0.15) is 17.2 Å². The van der Waals surface area contributed by atoms with Gasteiger partial charge < -0.3 is 4.74 Å². The molecule has 0 aliphatic carbocycles. The van der Waals surface area contributed by atoms with Gasteiger partial charge in [-0.2, -0.15) is 0 Å². The zero-order valence-corrected chi connectivity index (χ0v) is 10.4. The third-order valence-corrected chi connectivity index (χ3v) is 2.73. The number of benzene rings is 2. The van der Waals surface area contributed by atoms with Gasteiger partial charge in [0.2, 0.25) is 0 Å². The van der Waals surface area contributed by atoms with Crippen LogP contribution in [0, 0.1) is 11.6 Å². The first-order chi connectivity index (χ1) is 9.20. The molecule has 0 fully saturated rings. The number of halogens is 2. The van der Waals surface area contributed by atoms with E-state index in [2.05, 4.69) is 6.58 Å². The second-order valence-electron chi connectivity index (χ2n) is 4.11. The summed E-state index contributed by atoms with van der Waals surface area (Å²) in [6.07, 6.45) is 1.28. The van der Waals surface area contributed by atoms with Gasteiger partial charge in [-0.05, 0) is 35.4 Å². The van der Waals surface area contributed by atoms with E-state index in [-0.39, 0.29) is 17.7 Å². The highest BCUT2D eigenvalue weighted by Crippen LogP contribution is 2.26. The third kappa shape index (κ3) is 3.48. The van der Waals surface area contributed by atoms with Crippen molar-refractivity contribution in [3.05, 3.63) is 83.9 Å². The summed E-state index contributed by atoms with van der Waals surface area (Å²) in [5, 5.41) is 0. The monoisotopic (exact) mass is 260 g/mol. The normalized spacial score (nSPS) is 10.7. The van der Waals surface area contributed by atoms with Gasteiger partial charge in [-0.25, -0.2) is 8.78 Å². The summed E-state index contributed by atoms with van der Waals surface area (Å²) in [6.45, 7) is 3.96. The summed E-state index contributed by atoms with van der Waals surface area (Å²) in [5.41, 5.74) is 1.63. The summed E-state index contributed by atoms with van der Waals surface area (Å²) in [6, 6.07) is 12.1. The van der Waals surface area contributed by atoms with E-state index in [4.69, 9.17) is 4.74 Å². The van der Waals surface area contributed by atoms with Crippen molar-refractivity contribution in [1.82, 2.24) is 0 Å². The van der Waals surface area contributed by atoms with Crippen molar-refractivity contribution < 1.29 is 13.5 Å². The van der Waals surface area contributed by atoms with Gasteiger partial charge >= 0.3 is 0 Å². The second kappa shape index (κ2) is 6.25. The minimum Gasteiger partial charge on any atom is -0.365 e. The maximum absolute atomic E-state index is 13.0. The molecule has 0 spiro atoms. The summed E-state index contributed by atoms with van der Waals surface area (Å²) in [4.78, 5) is 0. The van der Waals surface area contributed by atoms with Crippen molar-refractivity contribution in [2.75, 3.05) is 6.61 Å². The molecule has 98 valence electrons. The highest BCUT2D eigenvalue weighted by molar-refractivity contribution is 5.30. The first kappa shape index (κ1) is 13.4. The SMILES string of the molecule is C=CCOC(c1ccc(F)cc1)c1ccc(F)cc1. The third-order valence-electron chi connectivity index (χ3n) is 2.73. The minimum absolute atomic E-state index is 0.301. The molecular weight excluding hydrogens is 246 g/mol. The van der Waals surface area contributed by atoms with Crippen LogP contribution in [-0.2, 0) is 4.74 Å². The Morgan fingerprint density at radius 3 is 1.68 bits per heavy atom. The molecule has 0 bridgehead atoms. The highest BCUT2D eigenvalue weighted by atomic mass is 19.1. The van der Waals surface area contributed by atoms with E-state index < -0.39 is 0 Å². The van der Waals surface area contributed by atoms with E-state index in [9.17, 15) is 8.78 Å². The Morgan fingerprint density at radius 1 is 0.895 bits per heavy atom. The molecule has 0 atom stereocenters. The fraction of sp³-hybridized carbons (Fsp3) is 0.125. The standard InChI is InChI=1S/C16H14F2O/c1-2-11-19-16(12-3-7-14(17)8-4-12)13-5-9-15(18)10-6-13/h2-10,16H,1,11H2. The Kier molecular flexibility index (Phi) is 4.42. The van der Waals surface area contributed by atoms with Crippen LogP contribution in [-0.4, -0.2) is 6.61 Å². The topological polar surface area (TPSA) is 9.23 Å². The predicted molar refractivity (Wildman–Crippen MR) is 70.8 cm³/mol. The molecule has 0 radical (unpaired) electrons. The Morgan fingerprint density at radius 2 is 1.32 bits per heavy atom. The van der Waals surface area contributed by atoms with Crippen LogP contribution >= 0.6 is 0 Å². The van der Waals surface area contributed by atoms with Gasteiger partial charge in [0.1, 0.15) is 17.7 Å². The Hall–Kier alpha value is -2.00. The molecule has 0 saturated carbocycles. The molecule has 0 unspecified atom stereocenters. The highest BCUT2D eigenvalue weighted by Gasteiger charge is 2.14. The molecular formula is C16H14F2O. The molecule has 0 saturated heterocycles. The molecule has 0 heterocycles. The van der Waals surface area contributed by atoms with E-state index in [0.717, 1.165) is 11.1 Å². The average molecular weight is 260 g/mol. The second-order valence-corrected chi connectivity index (χ2v) is 4.11. The van der Waals surface area contributed by atoms with Crippen LogP contribution in [0.25, 0.3) is 0 Å². The molecule has 19 heavy (non-hydrogen) atoms. The van der Waals surface area contributed by atoms with Crippen LogP contribution in [0.5, 0.6) is 0 Å². The summed E-state index contributed by atoms with van der Waals surface area (Å²) < 4.78 is 31.6. The van der Waals surface area contributed by atoms with Crippen LogP contribution in [0.15, 0.2) is 61.2 Å². The average Bonchev–Trinajstić information content (AvgIpc) is 2.43. The van der Waals surface area contributed by atoms with Crippen molar-refractivity contribution in [2.45, 2.75) is 6.10 Å². The van der Waals surface area contributed by atoms with E-state index in [1.807, 2.05) is 0 Å². The molecule has 0 aromatic heterocycles. The van der Waals surface area contributed by atoms with Gasteiger partial charge in [0.15, 0.2) is 0 Å². The Balaban J connectivity index is 2.31. The van der Waals surface area contributed by atoms with Crippen molar-refractivity contribution in [1.29, 1.82) is 0 Å². The summed E-state index contributed by atoms with van der Waals surface area (Å²) in [7, 11) is 0. The van der Waals surface area contributed by atoms with Gasteiger partial charge in [-0.3, -0.25) is 0 Å². The molecule has 0 aliphatic heterocycles. The summed E-state index contributed by atoms with van der Waals surface area (Å²) in [5.74, 6) is -0.601. The largest absolute Gasteiger partial charge is 0.365 e. The van der Waals surface area contributed by atoms with E-state index in [1.54, 1.807) is 30.3 Å². The molecule has 2 rings (SSSR count). The first-order valence-corrected chi connectivity index (χ1v) is 5.94. The summed E-state index contributed by atoms with van der Waals surface area (Å²) >= 11 is 0. The molecule has 0 N–H and O–H groups in total. The lowest BCUT2D eigenvalue weighted by Crippen LogP contribution is -2.06. The fourth-order valence-electron chi connectivity index (χ4n) is 1.82. The van der Waals surface area contributed by atoms with Crippen molar-refractivity contribution in [3.8, 4) is 0 Å². The predicted octanol–water partition coefficient (Wildman–Crippen LogP) is 4.26. The zero-order chi connectivity index (χ0) is 13.7. The maximum Gasteiger partial charge on any atom is 0.123 e. The first-order valence-electron chi connectivity index (χ1n) is 5.94. The van der Waals surface area contributed by atoms with Crippen LogP contribution in [0.4, 0.5) is 8.78 Å². The van der Waals surface area contributed by atoms with Gasteiger partial charge in [-0.15, -0.1) is 6.58 Å². The van der Waals surface area contributed by atoms with E-state index >= 15 is 0 Å². The lowest BCUT2D eigenvalue weighted by molar-refractivity contribution is 0.104. The molecule has 0 amide bonds. The van der Waals surface area contributed by atoms with Gasteiger partial charge in [0.05, 0.1) is 6.61 Å².